The number of nitrogens with zero attached hydrogens (tertiary/aromatic N) is 4. The number of aromatic nitrogens is 4. The summed E-state index contributed by atoms with van der Waals surface area (Å²) in [6.45, 7) is -4.24. The summed E-state index contributed by atoms with van der Waals surface area (Å²) >= 11 is 0. The molecule has 14 rings (SSSR count). The summed E-state index contributed by atoms with van der Waals surface area (Å²) in [7, 11) is 0. The van der Waals surface area contributed by atoms with Crippen LogP contribution in [0.3, 0.4) is 0 Å². The van der Waals surface area contributed by atoms with E-state index >= 15 is 0 Å². The number of rotatable bonds is 6. The molecule has 0 bridgehead atoms. The number of imidazole rings is 1. The van der Waals surface area contributed by atoms with E-state index in [4.69, 9.17) is 26.2 Å². The molecule has 0 unspecified atom stereocenters. The number of ether oxygens (including phenoxy) is 1. The van der Waals surface area contributed by atoms with E-state index in [1.54, 1.807) is 45.7 Å². The smallest absolute Gasteiger partial charge is 0.268 e. The second kappa shape index (κ2) is 19.5. The molecule has 408 valence electrons. The van der Waals surface area contributed by atoms with Crippen LogP contribution in [-0.2, 0) is 42.7 Å². The van der Waals surface area contributed by atoms with Crippen LogP contribution < -0.4 is 9.30 Å². The van der Waals surface area contributed by atoms with E-state index in [-0.39, 0.29) is 48.9 Å². The first-order chi connectivity index (χ1) is 46.7. The topological polar surface area (TPSA) is 35.9 Å². The van der Waals surface area contributed by atoms with Crippen LogP contribution >= 0.6 is 0 Å². The number of hydrogen-bond donors (Lipinski definition) is 0. The number of benzene rings is 9. The zero-order chi connectivity index (χ0) is 71.9. The number of hydrogen-bond acceptors (Lipinski definition) is 2. The van der Waals surface area contributed by atoms with Gasteiger partial charge >= 0.3 is 0 Å². The summed E-state index contributed by atoms with van der Waals surface area (Å²) in [4.78, 5) is 4.84. The van der Waals surface area contributed by atoms with Crippen molar-refractivity contribution in [3.63, 3.8) is 0 Å². The van der Waals surface area contributed by atoms with Crippen molar-refractivity contribution in [3.8, 4) is 84.3 Å². The maximum absolute atomic E-state index is 10.5. The van der Waals surface area contributed by atoms with E-state index < -0.39 is 85.8 Å². The van der Waals surface area contributed by atoms with Gasteiger partial charge in [-0.25, -0.2) is 4.98 Å². The van der Waals surface area contributed by atoms with Gasteiger partial charge in [-0.1, -0.05) is 208 Å². The Kier molecular flexibility index (Phi) is 8.50. The largest absolute Gasteiger partial charge is 0.510 e. The Balaban J connectivity index is 0.00000912. The predicted molar refractivity (Wildman–Crippen MR) is 333 cm³/mol. The van der Waals surface area contributed by atoms with Crippen molar-refractivity contribution in [1.29, 1.82) is 0 Å². The summed E-state index contributed by atoms with van der Waals surface area (Å²) in [5.74, 6) is 1.32. The molecule has 0 saturated heterocycles. The SMILES string of the molecule is [2H]c1c([2H])c2c(c([2H])c1-c1cccc3c1-[n+]1[c-]n(-c4[c-]c(Oc5[c-]c6c(cc5)c5ccccc5n6-c5cc(C(C)(C)C)ccn5)ccc4)c4cccc(c41)-c1ccccc1-c1ccc(-c4ccc(C(C)(C)C)cc4)cc1-3)C(C([2H])([2H])[2H])(C([2H])([2H])[2H])C([2H])([2H])C([2H])([2H])C2(C([2H])([2H])[2H])C([2H])([2H])[2H].[Pt]. The van der Waals surface area contributed by atoms with Crippen molar-refractivity contribution in [2.24, 2.45) is 0 Å². The van der Waals surface area contributed by atoms with Crippen LogP contribution in [0.4, 0.5) is 0 Å². The molecule has 82 heavy (non-hydrogen) atoms. The number of pyridine rings is 1. The van der Waals surface area contributed by atoms with E-state index in [1.807, 2.05) is 109 Å². The molecule has 4 heterocycles. The molecule has 0 amide bonds. The Bertz CT molecular complexity index is 5350. The van der Waals surface area contributed by atoms with Crippen molar-refractivity contribution >= 4 is 32.8 Å². The van der Waals surface area contributed by atoms with Gasteiger partial charge in [0.1, 0.15) is 5.82 Å². The molecule has 5 nitrogen and oxygen atoms in total. The first kappa shape index (κ1) is 35.7. The normalized spacial score (nSPS) is 19.5. The van der Waals surface area contributed by atoms with Gasteiger partial charge in [0.2, 0.25) is 0 Å². The summed E-state index contributed by atoms with van der Waals surface area (Å²) in [5, 5.41) is 1.91. The van der Waals surface area contributed by atoms with Crippen LogP contribution in [0.5, 0.6) is 11.5 Å². The molecule has 2 aliphatic rings. The van der Waals surface area contributed by atoms with Gasteiger partial charge in [0.05, 0.1) is 20.8 Å². The monoisotopic (exact) mass is 1260 g/mol. The number of fused-ring (bicyclic) bond motifs is 11. The van der Waals surface area contributed by atoms with E-state index in [2.05, 4.69) is 88.8 Å². The second-order valence-corrected chi connectivity index (χ2v) is 23.1. The van der Waals surface area contributed by atoms with E-state index in [0.717, 1.165) is 49.7 Å². The Hall–Kier alpha value is -8.11. The van der Waals surface area contributed by atoms with Crippen molar-refractivity contribution in [2.45, 2.75) is 103 Å². The molecule has 1 aliphatic heterocycles. The molecule has 6 heteroatoms. The maximum Gasteiger partial charge on any atom is 0.268 e. The zero-order valence-corrected chi connectivity index (χ0v) is 48.0. The molecule has 0 saturated carbocycles. The summed E-state index contributed by atoms with van der Waals surface area (Å²) in [5.41, 5.74) is -2.48. The average Bonchev–Trinajstić information content (AvgIpc) is 1.16. The van der Waals surface area contributed by atoms with Gasteiger partial charge in [-0.2, -0.15) is 18.2 Å². The van der Waals surface area contributed by atoms with Gasteiger partial charge in [0.15, 0.2) is 0 Å². The first-order valence-corrected chi connectivity index (χ1v) is 27.0. The van der Waals surface area contributed by atoms with Crippen molar-refractivity contribution in [2.75, 3.05) is 0 Å². The number of para-hydroxylation sites is 3. The molecule has 0 N–H and O–H groups in total. The van der Waals surface area contributed by atoms with Gasteiger partial charge in [0.25, 0.3) is 6.33 Å². The van der Waals surface area contributed by atoms with E-state index in [9.17, 15) is 9.60 Å². The van der Waals surface area contributed by atoms with Crippen LogP contribution in [0.25, 0.3) is 106 Å². The zero-order valence-electron chi connectivity index (χ0n) is 64.8. The molecule has 0 radical (unpaired) electrons. The molecular formula is C76H66N4OPt-2. The minimum Gasteiger partial charge on any atom is -0.510 e. The third-order valence-corrected chi connectivity index (χ3v) is 15.7. The molecule has 1 aliphatic carbocycles. The average molecular weight is 1270 g/mol. The molecule has 12 aromatic rings. The first-order valence-electron chi connectivity index (χ1n) is 36.5. The third kappa shape index (κ3) is 8.86. The third-order valence-electron chi connectivity index (χ3n) is 15.7. The Morgan fingerprint density at radius 2 is 1.21 bits per heavy atom. The van der Waals surface area contributed by atoms with Gasteiger partial charge in [-0.15, -0.1) is 29.7 Å². The van der Waals surface area contributed by atoms with Crippen LogP contribution in [0.15, 0.2) is 194 Å². The molecule has 0 spiro atoms. The minimum absolute atomic E-state index is 0. The summed E-state index contributed by atoms with van der Waals surface area (Å²) in [6.07, 6.45) is -3.66. The molecule has 9 aromatic carbocycles. The maximum atomic E-state index is 10.5. The fraction of sp³-hybridized carbons (Fsp3) is 0.211. The summed E-state index contributed by atoms with van der Waals surface area (Å²) < 4.78 is 190. The van der Waals surface area contributed by atoms with Gasteiger partial charge in [-0.3, -0.25) is 4.57 Å². The molecular weight excluding hydrogens is 1180 g/mol. The predicted octanol–water partition coefficient (Wildman–Crippen LogP) is 19.2. The molecule has 0 atom stereocenters. The van der Waals surface area contributed by atoms with E-state index in [1.165, 1.54) is 6.07 Å². The molecule has 3 aromatic heterocycles. The molecule has 0 fully saturated rings. The second-order valence-electron chi connectivity index (χ2n) is 23.1. The standard InChI is InChI=1S/C76H66N4O.Pt/c1-73(2,3)51-32-28-48(29-33-51)49-30-35-59-57-20-11-12-21-58(57)62-25-17-27-68-72(62)79(71-56(23-16-24-63(71)64(59)42-49)50-31-37-65-66(43-50)76(9,10)40-39-75(65,7)8)47-78(68)53-18-15-19-54(45-53)81-55-34-36-61-60-22-13-14-26-67(60)80(69(61)46-55)70-44-52(38-41-77-70)74(4,5)6;/h11-38,41-44H,39-40H2,1-10H3;/q-2;/i7D3,8D3,9D3,10D3,31D,37D,39D2,40D2,43D;. The Labute approximate surface area is 523 Å². The van der Waals surface area contributed by atoms with Crippen molar-refractivity contribution in [1.82, 2.24) is 14.1 Å². The Morgan fingerprint density at radius 1 is 0.561 bits per heavy atom. The van der Waals surface area contributed by atoms with Crippen molar-refractivity contribution < 1.29 is 56.4 Å². The quantitative estimate of drug-likeness (QED) is 0.123. The minimum atomic E-state index is -4.54. The van der Waals surface area contributed by atoms with Crippen LogP contribution in [0.2, 0.25) is 0 Å². The van der Waals surface area contributed by atoms with Gasteiger partial charge in [0, 0.05) is 66.2 Å². The fourth-order valence-electron chi connectivity index (χ4n) is 11.6. The van der Waals surface area contributed by atoms with Crippen LogP contribution in [0.1, 0.15) is 130 Å². The van der Waals surface area contributed by atoms with E-state index in [0.29, 0.717) is 56.1 Å². The van der Waals surface area contributed by atoms with Gasteiger partial charge in [-0.05, 0) is 148 Å². The summed E-state index contributed by atoms with van der Waals surface area (Å²) in [6, 6.07) is 56.6. The Morgan fingerprint density at radius 3 is 1.99 bits per heavy atom. The van der Waals surface area contributed by atoms with Crippen LogP contribution in [0, 0.1) is 18.5 Å². The van der Waals surface area contributed by atoms with Gasteiger partial charge < -0.3 is 13.9 Å². The van der Waals surface area contributed by atoms with Crippen molar-refractivity contribution in [3.05, 3.63) is 235 Å². The van der Waals surface area contributed by atoms with Crippen LogP contribution in [-0.4, -0.2) is 14.1 Å². The fourth-order valence-corrected chi connectivity index (χ4v) is 11.6.